The largest absolute Gasteiger partial charge is 0.343 e. The van der Waals surface area contributed by atoms with E-state index in [9.17, 15) is 14.4 Å². The number of ketones is 1. The number of hydrogen-bond donors (Lipinski definition) is 1. The molecule has 0 bridgehead atoms. The number of hydrogen-bond acceptors (Lipinski definition) is 4. The molecule has 3 heterocycles. The number of benzene rings is 1. The lowest BCUT2D eigenvalue weighted by molar-refractivity contribution is -0.130. The molecular formula is C26H29N3O3S. The zero-order chi connectivity index (χ0) is 23.8. The summed E-state index contributed by atoms with van der Waals surface area (Å²) in [4.78, 5) is 41.4. The summed E-state index contributed by atoms with van der Waals surface area (Å²) in [5.41, 5.74) is 3.07. The van der Waals surface area contributed by atoms with E-state index in [-0.39, 0.29) is 12.3 Å². The predicted octanol–water partition coefficient (Wildman–Crippen LogP) is 4.82. The van der Waals surface area contributed by atoms with Crippen molar-refractivity contribution in [2.75, 3.05) is 6.54 Å². The van der Waals surface area contributed by atoms with Crippen molar-refractivity contribution >= 4 is 29.1 Å². The van der Waals surface area contributed by atoms with Crippen LogP contribution < -0.4 is 5.32 Å². The zero-order valence-electron chi connectivity index (χ0n) is 19.5. The van der Waals surface area contributed by atoms with Gasteiger partial charge in [0.15, 0.2) is 5.78 Å². The number of thiophene rings is 1. The number of nitrogens with one attached hydrogen (secondary N) is 1. The molecule has 3 amide bonds. The molecule has 1 aliphatic rings. The number of carbonyl (C=O) groups excluding carboxylic acids is 3. The smallest absolute Gasteiger partial charge is 0.325 e. The molecule has 0 spiro atoms. The average Bonchev–Trinajstić information content (AvgIpc) is 3.46. The third kappa shape index (κ3) is 4.25. The van der Waals surface area contributed by atoms with Crippen molar-refractivity contribution in [3.05, 3.63) is 80.8 Å². The Morgan fingerprint density at radius 1 is 1.12 bits per heavy atom. The first kappa shape index (κ1) is 23.0. The molecule has 7 heteroatoms. The van der Waals surface area contributed by atoms with Crippen LogP contribution >= 0.6 is 11.3 Å². The van der Waals surface area contributed by atoms with Crippen molar-refractivity contribution in [2.45, 2.75) is 52.6 Å². The lowest BCUT2D eigenvalue weighted by atomic mass is 9.91. The Hall–Kier alpha value is -3.19. The van der Waals surface area contributed by atoms with Crippen LogP contribution in [0.25, 0.3) is 0 Å². The monoisotopic (exact) mass is 463 g/mol. The number of Topliss-reactive ketones (excluding diaryl/α,β-unsaturated/α-hetero) is 1. The minimum Gasteiger partial charge on any atom is -0.343 e. The summed E-state index contributed by atoms with van der Waals surface area (Å²) in [6.45, 7) is 8.09. The summed E-state index contributed by atoms with van der Waals surface area (Å²) in [6.07, 6.45) is 2.00. The average molecular weight is 464 g/mol. The van der Waals surface area contributed by atoms with E-state index in [1.54, 1.807) is 18.3 Å². The maximum absolute atomic E-state index is 13.3. The van der Waals surface area contributed by atoms with E-state index in [1.807, 2.05) is 55.6 Å². The van der Waals surface area contributed by atoms with Gasteiger partial charge in [-0.1, -0.05) is 43.7 Å². The van der Waals surface area contributed by atoms with Gasteiger partial charge in [0.25, 0.3) is 5.91 Å². The van der Waals surface area contributed by atoms with Gasteiger partial charge >= 0.3 is 6.03 Å². The van der Waals surface area contributed by atoms with Crippen molar-refractivity contribution in [2.24, 2.45) is 0 Å². The summed E-state index contributed by atoms with van der Waals surface area (Å²) in [6, 6.07) is 13.1. The molecule has 1 aliphatic heterocycles. The predicted molar refractivity (Wildman–Crippen MR) is 130 cm³/mol. The standard InChI is InChI=1S/C26H29N3O3S/c1-5-7-19-9-11-20(12-10-19)26(4)24(31)29(25(32)27-26)16-23(30)22-14-17(2)28(18(22)3)15-21-8-6-13-33-21/h6,8-14H,5,7,15-16H2,1-4H3,(H,27,32). The second-order valence-corrected chi connectivity index (χ2v) is 9.80. The number of aryl methyl sites for hydroxylation is 2. The van der Waals surface area contributed by atoms with Crippen LogP contribution in [-0.2, 0) is 23.3 Å². The normalized spacial score (nSPS) is 18.1. The van der Waals surface area contributed by atoms with E-state index in [2.05, 4.69) is 22.9 Å². The van der Waals surface area contributed by atoms with Gasteiger partial charge in [0.2, 0.25) is 0 Å². The van der Waals surface area contributed by atoms with Crippen LogP contribution in [0.4, 0.5) is 4.79 Å². The maximum Gasteiger partial charge on any atom is 0.325 e. The van der Waals surface area contributed by atoms with E-state index < -0.39 is 17.5 Å². The second kappa shape index (κ2) is 8.98. The Bertz CT molecular complexity index is 1190. The van der Waals surface area contributed by atoms with Crippen LogP contribution in [0.3, 0.4) is 0 Å². The first-order chi connectivity index (χ1) is 15.7. The number of aromatic nitrogens is 1. The third-order valence-corrected chi connectivity index (χ3v) is 7.28. The maximum atomic E-state index is 13.3. The van der Waals surface area contributed by atoms with Crippen LogP contribution in [0.5, 0.6) is 0 Å². The zero-order valence-corrected chi connectivity index (χ0v) is 20.3. The van der Waals surface area contributed by atoms with Crippen LogP contribution in [0.15, 0.2) is 47.8 Å². The number of imide groups is 1. The minimum atomic E-state index is -1.18. The number of amides is 3. The highest BCUT2D eigenvalue weighted by molar-refractivity contribution is 7.09. The van der Waals surface area contributed by atoms with Gasteiger partial charge in [-0.2, -0.15) is 0 Å². The Morgan fingerprint density at radius 3 is 2.48 bits per heavy atom. The Morgan fingerprint density at radius 2 is 1.85 bits per heavy atom. The molecule has 33 heavy (non-hydrogen) atoms. The lowest BCUT2D eigenvalue weighted by Gasteiger charge is -2.22. The quantitative estimate of drug-likeness (QED) is 0.385. The van der Waals surface area contributed by atoms with Crippen LogP contribution in [0, 0.1) is 13.8 Å². The molecule has 1 saturated heterocycles. The Balaban J connectivity index is 1.53. The van der Waals surface area contributed by atoms with Crippen molar-refractivity contribution in [1.29, 1.82) is 0 Å². The lowest BCUT2D eigenvalue weighted by Crippen LogP contribution is -2.41. The molecule has 1 unspecified atom stereocenters. The van der Waals surface area contributed by atoms with Gasteiger partial charge in [-0.05, 0) is 55.8 Å². The first-order valence-corrected chi connectivity index (χ1v) is 12.1. The van der Waals surface area contributed by atoms with Gasteiger partial charge in [0.1, 0.15) is 5.54 Å². The third-order valence-electron chi connectivity index (χ3n) is 6.41. The summed E-state index contributed by atoms with van der Waals surface area (Å²) < 4.78 is 2.09. The molecule has 0 saturated carbocycles. The van der Waals surface area contributed by atoms with Crippen LogP contribution in [0.1, 0.15) is 58.0 Å². The fourth-order valence-corrected chi connectivity index (χ4v) is 5.14. The fourth-order valence-electron chi connectivity index (χ4n) is 4.44. The summed E-state index contributed by atoms with van der Waals surface area (Å²) in [5, 5.41) is 4.83. The SMILES string of the molecule is CCCc1ccc(C2(C)NC(=O)N(CC(=O)c3cc(C)n(Cc4cccs4)c3C)C2=O)cc1. The van der Waals surface area contributed by atoms with E-state index in [0.29, 0.717) is 17.7 Å². The van der Waals surface area contributed by atoms with Gasteiger partial charge in [-0.25, -0.2) is 4.79 Å². The summed E-state index contributed by atoms with van der Waals surface area (Å²) in [7, 11) is 0. The van der Waals surface area contributed by atoms with E-state index in [1.165, 1.54) is 10.4 Å². The summed E-state index contributed by atoms with van der Waals surface area (Å²) in [5.74, 6) is -0.650. The van der Waals surface area contributed by atoms with Gasteiger partial charge in [0, 0.05) is 21.8 Å². The van der Waals surface area contributed by atoms with E-state index in [0.717, 1.165) is 29.1 Å². The molecule has 4 rings (SSSR count). The van der Waals surface area contributed by atoms with Gasteiger partial charge in [-0.15, -0.1) is 11.3 Å². The number of urea groups is 1. The van der Waals surface area contributed by atoms with E-state index >= 15 is 0 Å². The molecule has 2 aromatic heterocycles. The highest BCUT2D eigenvalue weighted by Gasteiger charge is 2.49. The van der Waals surface area contributed by atoms with Gasteiger partial charge in [-0.3, -0.25) is 14.5 Å². The molecule has 1 fully saturated rings. The molecule has 1 atom stereocenters. The van der Waals surface area contributed by atoms with Crippen LogP contribution in [0.2, 0.25) is 0 Å². The highest BCUT2D eigenvalue weighted by atomic mass is 32.1. The van der Waals surface area contributed by atoms with Crippen molar-refractivity contribution in [1.82, 2.24) is 14.8 Å². The number of nitrogens with zero attached hydrogens (tertiary/aromatic N) is 2. The summed E-state index contributed by atoms with van der Waals surface area (Å²) >= 11 is 1.67. The van der Waals surface area contributed by atoms with Gasteiger partial charge in [0.05, 0.1) is 13.1 Å². The van der Waals surface area contributed by atoms with Crippen molar-refractivity contribution in [3.8, 4) is 0 Å². The van der Waals surface area contributed by atoms with E-state index in [4.69, 9.17) is 0 Å². The molecular weight excluding hydrogens is 434 g/mol. The molecule has 0 aliphatic carbocycles. The van der Waals surface area contributed by atoms with Crippen molar-refractivity contribution < 1.29 is 14.4 Å². The molecule has 6 nitrogen and oxygen atoms in total. The highest BCUT2D eigenvalue weighted by Crippen LogP contribution is 2.30. The molecule has 3 aromatic rings. The van der Waals surface area contributed by atoms with Gasteiger partial charge < -0.3 is 9.88 Å². The number of rotatable bonds is 8. The molecule has 1 N–H and O–H groups in total. The van der Waals surface area contributed by atoms with Crippen LogP contribution in [-0.4, -0.2) is 33.7 Å². The molecule has 0 radical (unpaired) electrons. The molecule has 1 aromatic carbocycles. The fraction of sp³-hybridized carbons (Fsp3) is 0.346. The minimum absolute atomic E-state index is 0.244. The molecule has 172 valence electrons. The topological polar surface area (TPSA) is 71.4 Å². The second-order valence-electron chi connectivity index (χ2n) is 8.77. The van der Waals surface area contributed by atoms with Crippen molar-refractivity contribution in [3.63, 3.8) is 0 Å². The Labute approximate surface area is 198 Å². The Kier molecular flexibility index (Phi) is 6.26. The number of carbonyl (C=O) groups is 3. The first-order valence-electron chi connectivity index (χ1n) is 11.2.